The summed E-state index contributed by atoms with van der Waals surface area (Å²) in [5, 5.41) is 8.32. The Morgan fingerprint density at radius 1 is 1.27 bits per heavy atom. The molecule has 3 aromatic heterocycles. The first-order valence-corrected chi connectivity index (χ1v) is 4.85. The SMILES string of the molecule is Clc1cnc2[nH]ccc2c1-c1cn[nH]c1. The van der Waals surface area contributed by atoms with Gasteiger partial charge in [0.15, 0.2) is 0 Å². The molecule has 0 aromatic carbocycles. The minimum Gasteiger partial charge on any atom is -0.346 e. The van der Waals surface area contributed by atoms with Crippen LogP contribution in [0.5, 0.6) is 0 Å². The molecule has 5 heteroatoms. The number of fused-ring (bicyclic) bond motifs is 1. The van der Waals surface area contributed by atoms with Gasteiger partial charge in [-0.15, -0.1) is 0 Å². The van der Waals surface area contributed by atoms with Crippen LogP contribution in [0.3, 0.4) is 0 Å². The van der Waals surface area contributed by atoms with E-state index in [1.807, 2.05) is 18.5 Å². The highest BCUT2D eigenvalue weighted by atomic mass is 35.5. The van der Waals surface area contributed by atoms with E-state index in [4.69, 9.17) is 11.6 Å². The molecule has 0 aliphatic carbocycles. The molecule has 0 aliphatic heterocycles. The van der Waals surface area contributed by atoms with E-state index in [1.165, 1.54) is 0 Å². The maximum absolute atomic E-state index is 6.13. The van der Waals surface area contributed by atoms with E-state index in [-0.39, 0.29) is 0 Å². The van der Waals surface area contributed by atoms with Gasteiger partial charge in [-0.05, 0) is 6.07 Å². The molecule has 0 fully saturated rings. The van der Waals surface area contributed by atoms with Gasteiger partial charge in [-0.1, -0.05) is 11.6 Å². The normalized spacial score (nSPS) is 11.0. The Hall–Kier alpha value is -1.81. The van der Waals surface area contributed by atoms with Gasteiger partial charge in [-0.3, -0.25) is 5.10 Å². The van der Waals surface area contributed by atoms with Crippen LogP contribution in [-0.2, 0) is 0 Å². The van der Waals surface area contributed by atoms with Crippen LogP contribution in [0.25, 0.3) is 22.2 Å². The van der Waals surface area contributed by atoms with Crippen LogP contribution in [0.1, 0.15) is 0 Å². The van der Waals surface area contributed by atoms with E-state index in [0.717, 1.165) is 22.2 Å². The lowest BCUT2D eigenvalue weighted by molar-refractivity contribution is 1.09. The molecule has 0 saturated carbocycles. The number of pyridine rings is 1. The third-order valence-corrected chi connectivity index (χ3v) is 2.61. The third kappa shape index (κ3) is 1.22. The van der Waals surface area contributed by atoms with Gasteiger partial charge >= 0.3 is 0 Å². The van der Waals surface area contributed by atoms with Crippen molar-refractivity contribution in [2.45, 2.75) is 0 Å². The van der Waals surface area contributed by atoms with Crippen molar-refractivity contribution in [3.8, 4) is 11.1 Å². The predicted octanol–water partition coefficient (Wildman–Crippen LogP) is 2.61. The van der Waals surface area contributed by atoms with Gasteiger partial charge in [-0.25, -0.2) is 4.98 Å². The predicted molar refractivity (Wildman–Crippen MR) is 58.7 cm³/mol. The van der Waals surface area contributed by atoms with E-state index in [1.54, 1.807) is 12.4 Å². The Morgan fingerprint density at radius 3 is 3.00 bits per heavy atom. The average molecular weight is 219 g/mol. The topological polar surface area (TPSA) is 57.4 Å². The summed E-state index contributed by atoms with van der Waals surface area (Å²) in [7, 11) is 0. The molecule has 0 spiro atoms. The fourth-order valence-corrected chi connectivity index (χ4v) is 1.92. The largest absolute Gasteiger partial charge is 0.346 e. The van der Waals surface area contributed by atoms with Crippen LogP contribution in [0.15, 0.2) is 30.9 Å². The van der Waals surface area contributed by atoms with Crippen LogP contribution in [0, 0.1) is 0 Å². The summed E-state index contributed by atoms with van der Waals surface area (Å²) in [6.45, 7) is 0. The second-order valence-corrected chi connectivity index (χ2v) is 3.62. The number of aromatic amines is 2. The minimum atomic E-state index is 0.628. The number of hydrogen-bond acceptors (Lipinski definition) is 2. The molecule has 0 saturated heterocycles. The number of H-pyrrole nitrogens is 2. The number of nitrogens with zero attached hydrogens (tertiary/aromatic N) is 2. The highest BCUT2D eigenvalue weighted by molar-refractivity contribution is 6.34. The standard InChI is InChI=1S/C10H7ClN4/c11-8-5-13-10-7(1-2-12-10)9(8)6-3-14-15-4-6/h1-5H,(H,12,13)(H,14,15). The summed E-state index contributed by atoms with van der Waals surface area (Å²) < 4.78 is 0. The molecule has 4 nitrogen and oxygen atoms in total. The van der Waals surface area contributed by atoms with Gasteiger partial charge in [-0.2, -0.15) is 5.10 Å². The summed E-state index contributed by atoms with van der Waals surface area (Å²) >= 11 is 6.13. The van der Waals surface area contributed by atoms with Crippen molar-refractivity contribution in [3.63, 3.8) is 0 Å². The lowest BCUT2D eigenvalue weighted by Crippen LogP contribution is -1.82. The molecule has 0 atom stereocenters. The second-order valence-electron chi connectivity index (χ2n) is 3.21. The Kier molecular flexibility index (Phi) is 1.76. The Morgan fingerprint density at radius 2 is 2.20 bits per heavy atom. The van der Waals surface area contributed by atoms with Crippen molar-refractivity contribution in [1.29, 1.82) is 0 Å². The maximum Gasteiger partial charge on any atom is 0.137 e. The monoisotopic (exact) mass is 218 g/mol. The quantitative estimate of drug-likeness (QED) is 0.660. The Balaban J connectivity index is 2.41. The lowest BCUT2D eigenvalue weighted by atomic mass is 10.1. The smallest absolute Gasteiger partial charge is 0.137 e. The van der Waals surface area contributed by atoms with Crippen molar-refractivity contribution in [2.24, 2.45) is 0 Å². The highest BCUT2D eigenvalue weighted by Gasteiger charge is 2.10. The van der Waals surface area contributed by atoms with Crippen molar-refractivity contribution in [3.05, 3.63) is 35.9 Å². The van der Waals surface area contributed by atoms with Crippen LogP contribution in [0.2, 0.25) is 5.02 Å². The van der Waals surface area contributed by atoms with Crippen LogP contribution >= 0.6 is 11.6 Å². The average Bonchev–Trinajstić information content (AvgIpc) is 2.85. The molecule has 74 valence electrons. The molecule has 3 heterocycles. The number of halogens is 1. The van der Waals surface area contributed by atoms with Crippen LogP contribution in [-0.4, -0.2) is 20.2 Å². The second kappa shape index (κ2) is 3.10. The first-order chi connectivity index (χ1) is 7.36. The summed E-state index contributed by atoms with van der Waals surface area (Å²) in [5.41, 5.74) is 2.75. The zero-order chi connectivity index (χ0) is 10.3. The van der Waals surface area contributed by atoms with Crippen molar-refractivity contribution in [2.75, 3.05) is 0 Å². The molecule has 0 radical (unpaired) electrons. The van der Waals surface area contributed by atoms with Gasteiger partial charge in [0, 0.05) is 35.1 Å². The lowest BCUT2D eigenvalue weighted by Gasteiger charge is -2.02. The van der Waals surface area contributed by atoms with E-state index in [2.05, 4.69) is 20.2 Å². The molecule has 0 unspecified atom stereocenters. The molecule has 3 aromatic rings. The van der Waals surface area contributed by atoms with Gasteiger partial charge in [0.05, 0.1) is 11.2 Å². The molecule has 3 rings (SSSR count). The third-order valence-electron chi connectivity index (χ3n) is 2.33. The van der Waals surface area contributed by atoms with E-state index >= 15 is 0 Å². The Bertz CT molecular complexity index is 597. The molecule has 2 N–H and O–H groups in total. The zero-order valence-electron chi connectivity index (χ0n) is 7.66. The van der Waals surface area contributed by atoms with Crippen LogP contribution in [0.4, 0.5) is 0 Å². The maximum atomic E-state index is 6.13. The van der Waals surface area contributed by atoms with E-state index in [9.17, 15) is 0 Å². The van der Waals surface area contributed by atoms with Crippen LogP contribution < -0.4 is 0 Å². The summed E-state index contributed by atoms with van der Waals surface area (Å²) in [6, 6.07) is 1.95. The number of aromatic nitrogens is 4. The molecule has 0 amide bonds. The summed E-state index contributed by atoms with van der Waals surface area (Å²) in [6.07, 6.45) is 7.04. The first-order valence-electron chi connectivity index (χ1n) is 4.47. The molecular weight excluding hydrogens is 212 g/mol. The van der Waals surface area contributed by atoms with Gasteiger partial charge in [0.1, 0.15) is 5.65 Å². The number of rotatable bonds is 1. The molecule has 0 bridgehead atoms. The van der Waals surface area contributed by atoms with Gasteiger partial charge in [0.2, 0.25) is 0 Å². The fraction of sp³-hybridized carbons (Fsp3) is 0. The summed E-state index contributed by atoms with van der Waals surface area (Å²) in [4.78, 5) is 7.24. The molecule has 0 aliphatic rings. The Labute approximate surface area is 90.3 Å². The van der Waals surface area contributed by atoms with Crippen molar-refractivity contribution >= 4 is 22.6 Å². The van der Waals surface area contributed by atoms with E-state index in [0.29, 0.717) is 5.02 Å². The zero-order valence-corrected chi connectivity index (χ0v) is 8.42. The molecular formula is C10H7ClN4. The van der Waals surface area contributed by atoms with Crippen molar-refractivity contribution < 1.29 is 0 Å². The molecule has 15 heavy (non-hydrogen) atoms. The van der Waals surface area contributed by atoms with Gasteiger partial charge < -0.3 is 4.98 Å². The fourth-order valence-electron chi connectivity index (χ4n) is 1.66. The van der Waals surface area contributed by atoms with Crippen molar-refractivity contribution in [1.82, 2.24) is 20.2 Å². The van der Waals surface area contributed by atoms with E-state index < -0.39 is 0 Å². The minimum absolute atomic E-state index is 0.628. The number of nitrogens with one attached hydrogen (secondary N) is 2. The highest BCUT2D eigenvalue weighted by Crippen LogP contribution is 2.32. The first kappa shape index (κ1) is 8.49. The van der Waals surface area contributed by atoms with Gasteiger partial charge in [0.25, 0.3) is 0 Å². The number of hydrogen-bond donors (Lipinski definition) is 2. The summed E-state index contributed by atoms with van der Waals surface area (Å²) in [5.74, 6) is 0.